The third-order valence-corrected chi connectivity index (χ3v) is 6.35. The second kappa shape index (κ2) is 10.5. The molecule has 0 unspecified atom stereocenters. The van der Waals surface area contributed by atoms with E-state index in [-0.39, 0.29) is 11.8 Å². The molecule has 2 heterocycles. The van der Waals surface area contributed by atoms with Crippen LogP contribution in [0.5, 0.6) is 11.5 Å². The number of para-hydroxylation sites is 2. The Morgan fingerprint density at radius 1 is 1.00 bits per heavy atom. The van der Waals surface area contributed by atoms with Crippen molar-refractivity contribution in [2.24, 2.45) is 5.92 Å². The highest BCUT2D eigenvalue weighted by Crippen LogP contribution is 2.29. The molecule has 1 fully saturated rings. The van der Waals surface area contributed by atoms with Gasteiger partial charge in [-0.3, -0.25) is 4.79 Å². The van der Waals surface area contributed by atoms with Crippen LogP contribution in [0.4, 0.5) is 6.01 Å². The molecule has 0 spiro atoms. The van der Waals surface area contributed by atoms with Gasteiger partial charge in [-0.15, -0.1) is 0 Å². The fourth-order valence-corrected chi connectivity index (χ4v) is 4.34. The Kier molecular flexibility index (Phi) is 6.84. The number of amides is 1. The van der Waals surface area contributed by atoms with E-state index >= 15 is 0 Å². The molecule has 1 aliphatic heterocycles. The Bertz CT molecular complexity index is 1250. The van der Waals surface area contributed by atoms with Crippen LogP contribution in [0.2, 0.25) is 0 Å². The molecule has 1 aromatic heterocycles. The number of methoxy groups -OCH3 is 1. The molecule has 7 heteroatoms. The van der Waals surface area contributed by atoms with E-state index in [1.54, 1.807) is 7.11 Å². The fraction of sp³-hybridized carbons (Fsp3) is 0.286. The van der Waals surface area contributed by atoms with Crippen LogP contribution in [-0.2, 0) is 17.9 Å². The van der Waals surface area contributed by atoms with Crippen molar-refractivity contribution >= 4 is 23.0 Å². The van der Waals surface area contributed by atoms with Gasteiger partial charge >= 0.3 is 0 Å². The minimum absolute atomic E-state index is 0.0222. The maximum absolute atomic E-state index is 12.8. The number of hydrogen-bond acceptors (Lipinski definition) is 6. The summed E-state index contributed by atoms with van der Waals surface area (Å²) >= 11 is 0. The molecule has 1 saturated heterocycles. The molecule has 0 saturated carbocycles. The molecule has 7 nitrogen and oxygen atoms in total. The summed E-state index contributed by atoms with van der Waals surface area (Å²) in [6, 6.07) is 24.1. The normalized spacial score (nSPS) is 14.1. The van der Waals surface area contributed by atoms with Crippen LogP contribution in [0.3, 0.4) is 0 Å². The Labute approximate surface area is 204 Å². The van der Waals surface area contributed by atoms with Crippen molar-refractivity contribution in [3.63, 3.8) is 0 Å². The van der Waals surface area contributed by atoms with E-state index in [9.17, 15) is 4.79 Å². The van der Waals surface area contributed by atoms with Gasteiger partial charge in [-0.25, -0.2) is 0 Å². The van der Waals surface area contributed by atoms with Gasteiger partial charge in [0.2, 0.25) is 5.91 Å². The Balaban J connectivity index is 1.12. The van der Waals surface area contributed by atoms with Crippen molar-refractivity contribution in [2.75, 3.05) is 25.1 Å². The Morgan fingerprint density at radius 2 is 1.77 bits per heavy atom. The second-order valence-corrected chi connectivity index (χ2v) is 8.70. The van der Waals surface area contributed by atoms with Crippen molar-refractivity contribution in [2.45, 2.75) is 26.0 Å². The molecule has 0 bridgehead atoms. The quantitative estimate of drug-likeness (QED) is 0.392. The summed E-state index contributed by atoms with van der Waals surface area (Å²) in [6.07, 6.45) is 1.53. The molecular weight excluding hydrogens is 442 g/mol. The number of carbonyl (C=O) groups excluding carboxylic acids is 1. The highest BCUT2D eigenvalue weighted by Gasteiger charge is 2.27. The lowest BCUT2D eigenvalue weighted by Gasteiger charge is -2.30. The number of oxazole rings is 1. The summed E-state index contributed by atoms with van der Waals surface area (Å²) in [7, 11) is 1.62. The second-order valence-electron chi connectivity index (χ2n) is 8.70. The van der Waals surface area contributed by atoms with Gasteiger partial charge in [-0.2, -0.15) is 4.98 Å². The molecule has 3 aromatic carbocycles. The largest absolute Gasteiger partial charge is 0.493 e. The maximum atomic E-state index is 12.8. The zero-order valence-corrected chi connectivity index (χ0v) is 19.8. The number of piperidine rings is 1. The van der Waals surface area contributed by atoms with Gasteiger partial charge in [0.15, 0.2) is 17.1 Å². The van der Waals surface area contributed by atoms with Crippen molar-refractivity contribution in [3.8, 4) is 11.5 Å². The van der Waals surface area contributed by atoms with Crippen molar-refractivity contribution in [1.82, 2.24) is 10.3 Å². The van der Waals surface area contributed by atoms with Gasteiger partial charge in [-0.05, 0) is 48.2 Å². The lowest BCUT2D eigenvalue weighted by atomic mass is 9.96. The molecule has 5 rings (SSSR count). The summed E-state index contributed by atoms with van der Waals surface area (Å²) in [5, 5.41) is 3.08. The van der Waals surface area contributed by atoms with E-state index in [1.165, 1.54) is 0 Å². The van der Waals surface area contributed by atoms with Gasteiger partial charge in [0.25, 0.3) is 6.01 Å². The average molecular weight is 472 g/mol. The van der Waals surface area contributed by atoms with Gasteiger partial charge < -0.3 is 24.1 Å². The topological polar surface area (TPSA) is 76.8 Å². The summed E-state index contributed by atoms with van der Waals surface area (Å²) in [6.45, 7) is 2.40. The number of nitrogens with zero attached hydrogens (tertiary/aromatic N) is 2. The molecule has 1 N–H and O–H groups in total. The molecule has 0 radical (unpaired) electrons. The minimum Gasteiger partial charge on any atom is -0.493 e. The highest BCUT2D eigenvalue weighted by molar-refractivity contribution is 5.79. The van der Waals surface area contributed by atoms with Crippen molar-refractivity contribution in [1.29, 1.82) is 0 Å². The molecule has 1 aliphatic rings. The number of nitrogens with one attached hydrogen (secondary N) is 1. The van der Waals surface area contributed by atoms with E-state index in [1.807, 2.05) is 72.8 Å². The van der Waals surface area contributed by atoms with Crippen LogP contribution in [-0.4, -0.2) is 31.1 Å². The summed E-state index contributed by atoms with van der Waals surface area (Å²) in [5.74, 6) is 1.38. The molecular formula is C28H29N3O4. The smallest absolute Gasteiger partial charge is 0.298 e. The molecule has 0 atom stereocenters. The van der Waals surface area contributed by atoms with Crippen LogP contribution in [0, 0.1) is 5.92 Å². The first kappa shape index (κ1) is 22.8. The summed E-state index contributed by atoms with van der Waals surface area (Å²) in [5.41, 5.74) is 3.70. The summed E-state index contributed by atoms with van der Waals surface area (Å²) < 4.78 is 17.3. The SMILES string of the molecule is COc1cc(CNC(=O)C2CCN(c3nc4ccccc4o3)CC2)ccc1OCc1ccccc1. The maximum Gasteiger partial charge on any atom is 0.298 e. The van der Waals surface area contributed by atoms with Crippen LogP contribution in [0.1, 0.15) is 24.0 Å². The first-order valence-electron chi connectivity index (χ1n) is 11.9. The highest BCUT2D eigenvalue weighted by atomic mass is 16.5. The lowest BCUT2D eigenvalue weighted by molar-refractivity contribution is -0.125. The predicted molar refractivity (Wildman–Crippen MR) is 135 cm³/mol. The number of carbonyl (C=O) groups is 1. The van der Waals surface area contributed by atoms with Gasteiger partial charge in [0.05, 0.1) is 7.11 Å². The van der Waals surface area contributed by atoms with Gasteiger partial charge in [-0.1, -0.05) is 48.5 Å². The van der Waals surface area contributed by atoms with E-state index in [0.717, 1.165) is 48.2 Å². The number of anilines is 1. The first-order valence-corrected chi connectivity index (χ1v) is 11.9. The molecule has 35 heavy (non-hydrogen) atoms. The van der Waals surface area contributed by atoms with Crippen LogP contribution >= 0.6 is 0 Å². The molecule has 4 aromatic rings. The molecule has 1 amide bonds. The van der Waals surface area contributed by atoms with Gasteiger partial charge in [0.1, 0.15) is 12.1 Å². The van der Waals surface area contributed by atoms with E-state index < -0.39 is 0 Å². The summed E-state index contributed by atoms with van der Waals surface area (Å²) in [4.78, 5) is 19.5. The zero-order valence-electron chi connectivity index (χ0n) is 19.8. The number of fused-ring (bicyclic) bond motifs is 1. The average Bonchev–Trinajstić information content (AvgIpc) is 3.36. The lowest BCUT2D eigenvalue weighted by Crippen LogP contribution is -2.40. The van der Waals surface area contributed by atoms with E-state index in [4.69, 9.17) is 13.9 Å². The van der Waals surface area contributed by atoms with Crippen LogP contribution in [0.25, 0.3) is 11.1 Å². The zero-order chi connectivity index (χ0) is 24.0. The number of rotatable bonds is 8. The number of ether oxygens (including phenoxy) is 2. The number of aromatic nitrogens is 1. The standard InChI is InChI=1S/C28H29N3O4/c1-33-26-17-21(11-12-25(26)34-19-20-7-3-2-4-8-20)18-29-27(32)22-13-15-31(16-14-22)28-30-23-9-5-6-10-24(23)35-28/h2-12,17,22H,13-16,18-19H2,1H3,(H,29,32). The van der Waals surface area contributed by atoms with Gasteiger partial charge in [0, 0.05) is 25.6 Å². The van der Waals surface area contributed by atoms with Crippen LogP contribution in [0.15, 0.2) is 77.2 Å². The molecule has 0 aliphatic carbocycles. The minimum atomic E-state index is -0.0222. The first-order chi connectivity index (χ1) is 17.2. The monoisotopic (exact) mass is 471 g/mol. The Hall–Kier alpha value is -4.00. The number of benzene rings is 3. The van der Waals surface area contributed by atoms with E-state index in [0.29, 0.717) is 30.7 Å². The third kappa shape index (κ3) is 5.40. The number of hydrogen-bond donors (Lipinski definition) is 1. The van der Waals surface area contributed by atoms with Crippen molar-refractivity contribution in [3.05, 3.63) is 83.9 Å². The predicted octanol–water partition coefficient (Wildman–Crippen LogP) is 4.95. The van der Waals surface area contributed by atoms with Crippen molar-refractivity contribution < 1.29 is 18.7 Å². The fourth-order valence-electron chi connectivity index (χ4n) is 4.34. The Morgan fingerprint density at radius 3 is 2.54 bits per heavy atom. The van der Waals surface area contributed by atoms with E-state index in [2.05, 4.69) is 15.2 Å². The third-order valence-electron chi connectivity index (χ3n) is 6.35. The molecule has 180 valence electrons. The van der Waals surface area contributed by atoms with Crippen LogP contribution < -0.4 is 19.7 Å².